The summed E-state index contributed by atoms with van der Waals surface area (Å²) in [5.74, 6) is -0.133. The highest BCUT2D eigenvalue weighted by atomic mass is 16.5. The molecular formula is C13H17NO3. The second kappa shape index (κ2) is 5.29. The minimum absolute atomic E-state index is 0.133. The van der Waals surface area contributed by atoms with Gasteiger partial charge in [-0.1, -0.05) is 30.3 Å². The Kier molecular flexibility index (Phi) is 3.76. The van der Waals surface area contributed by atoms with Crippen molar-refractivity contribution in [2.75, 3.05) is 0 Å². The van der Waals surface area contributed by atoms with Crippen molar-refractivity contribution in [1.29, 1.82) is 0 Å². The van der Waals surface area contributed by atoms with Crippen LogP contribution in [0, 0.1) is 0 Å². The van der Waals surface area contributed by atoms with Crippen LogP contribution >= 0.6 is 0 Å². The summed E-state index contributed by atoms with van der Waals surface area (Å²) < 4.78 is 5.56. The minimum atomic E-state index is -0.538. The van der Waals surface area contributed by atoms with Crippen molar-refractivity contribution in [3.8, 4) is 0 Å². The van der Waals surface area contributed by atoms with Crippen LogP contribution < -0.4 is 5.32 Å². The molecule has 1 saturated heterocycles. The fourth-order valence-electron chi connectivity index (χ4n) is 1.90. The maximum Gasteiger partial charge on any atom is 0.249 e. The number of ether oxygens (including phenoxy) is 1. The van der Waals surface area contributed by atoms with E-state index in [2.05, 4.69) is 5.32 Å². The molecule has 0 aromatic heterocycles. The highest BCUT2D eigenvalue weighted by Crippen LogP contribution is 2.16. The van der Waals surface area contributed by atoms with Crippen LogP contribution in [0.4, 0.5) is 0 Å². The molecule has 4 nitrogen and oxygen atoms in total. The number of carbonyl (C=O) groups excluding carboxylic acids is 1. The Labute approximate surface area is 101 Å². The summed E-state index contributed by atoms with van der Waals surface area (Å²) in [6.07, 6.45) is -0.456. The molecule has 1 amide bonds. The zero-order chi connectivity index (χ0) is 12.3. The van der Waals surface area contributed by atoms with Gasteiger partial charge in [-0.2, -0.15) is 0 Å². The van der Waals surface area contributed by atoms with Crippen molar-refractivity contribution in [3.05, 3.63) is 35.9 Å². The molecule has 1 aromatic carbocycles. The number of aliphatic hydroxyl groups is 1. The lowest BCUT2D eigenvalue weighted by Gasteiger charge is -2.12. The van der Waals surface area contributed by atoms with E-state index in [1.165, 1.54) is 0 Å². The predicted molar refractivity (Wildman–Crippen MR) is 63.2 cm³/mol. The predicted octanol–water partition coefficient (Wildman–Crippen LogP) is 0.841. The van der Waals surface area contributed by atoms with Crippen molar-refractivity contribution in [1.82, 2.24) is 5.32 Å². The first-order valence-corrected chi connectivity index (χ1v) is 5.81. The molecule has 92 valence electrons. The van der Waals surface area contributed by atoms with Crippen LogP contribution in [-0.4, -0.2) is 29.3 Å². The maximum atomic E-state index is 11.6. The van der Waals surface area contributed by atoms with E-state index in [0.29, 0.717) is 13.0 Å². The Morgan fingerprint density at radius 3 is 2.76 bits per heavy atom. The van der Waals surface area contributed by atoms with Gasteiger partial charge in [0.15, 0.2) is 0 Å². The second-order valence-electron chi connectivity index (χ2n) is 4.38. The van der Waals surface area contributed by atoms with Gasteiger partial charge < -0.3 is 15.2 Å². The van der Waals surface area contributed by atoms with E-state index in [0.717, 1.165) is 5.56 Å². The second-order valence-corrected chi connectivity index (χ2v) is 4.38. The van der Waals surface area contributed by atoms with Crippen LogP contribution in [0.5, 0.6) is 0 Å². The fraction of sp³-hybridized carbons (Fsp3) is 0.462. The molecule has 3 unspecified atom stereocenters. The third-order valence-corrected chi connectivity index (χ3v) is 2.96. The molecule has 0 radical (unpaired) electrons. The van der Waals surface area contributed by atoms with Crippen molar-refractivity contribution in [2.24, 2.45) is 0 Å². The first kappa shape index (κ1) is 12.1. The van der Waals surface area contributed by atoms with Crippen molar-refractivity contribution in [2.45, 2.75) is 38.2 Å². The topological polar surface area (TPSA) is 58.6 Å². The first-order valence-electron chi connectivity index (χ1n) is 5.81. The molecule has 17 heavy (non-hydrogen) atoms. The molecule has 3 atom stereocenters. The number of aliphatic hydroxyl groups excluding tert-OH is 1. The summed E-state index contributed by atoms with van der Waals surface area (Å²) in [5, 5.41) is 12.1. The van der Waals surface area contributed by atoms with Gasteiger partial charge in [-0.25, -0.2) is 0 Å². The van der Waals surface area contributed by atoms with Crippen LogP contribution in [-0.2, 0) is 16.1 Å². The lowest BCUT2D eigenvalue weighted by Crippen LogP contribution is -2.35. The molecule has 0 saturated carbocycles. The van der Waals surface area contributed by atoms with Crippen molar-refractivity contribution >= 4 is 5.91 Å². The summed E-state index contributed by atoms with van der Waals surface area (Å²) in [5.41, 5.74) is 1.04. The molecule has 2 rings (SSSR count). The van der Waals surface area contributed by atoms with E-state index >= 15 is 0 Å². The zero-order valence-electron chi connectivity index (χ0n) is 9.80. The molecule has 2 N–H and O–H groups in total. The summed E-state index contributed by atoms with van der Waals surface area (Å²) in [7, 11) is 0. The van der Waals surface area contributed by atoms with Gasteiger partial charge in [0.25, 0.3) is 0 Å². The fourth-order valence-corrected chi connectivity index (χ4v) is 1.90. The smallest absolute Gasteiger partial charge is 0.249 e. The minimum Gasteiger partial charge on any atom is -0.391 e. The van der Waals surface area contributed by atoms with Crippen molar-refractivity contribution < 1.29 is 14.6 Å². The number of hydrogen-bond donors (Lipinski definition) is 2. The van der Waals surface area contributed by atoms with Gasteiger partial charge in [-0.15, -0.1) is 0 Å². The highest BCUT2D eigenvalue weighted by Gasteiger charge is 2.34. The highest BCUT2D eigenvalue weighted by molar-refractivity contribution is 5.83. The van der Waals surface area contributed by atoms with Crippen LogP contribution in [0.3, 0.4) is 0 Å². The Balaban J connectivity index is 1.86. The van der Waals surface area contributed by atoms with Crippen LogP contribution in [0.15, 0.2) is 30.3 Å². The maximum absolute atomic E-state index is 11.6. The molecule has 0 bridgehead atoms. The van der Waals surface area contributed by atoms with Crippen LogP contribution in [0.25, 0.3) is 0 Å². The van der Waals surface area contributed by atoms with Gasteiger partial charge in [0.2, 0.25) is 5.91 Å². The van der Waals surface area contributed by atoms with E-state index in [1.807, 2.05) is 30.3 Å². The molecular weight excluding hydrogens is 218 g/mol. The number of carbonyl (C=O) groups is 1. The normalized spacial score (nSPS) is 25.6. The Bertz CT molecular complexity index is 378. The van der Waals surface area contributed by atoms with Gasteiger partial charge in [0.05, 0.1) is 18.8 Å². The van der Waals surface area contributed by atoms with Crippen LogP contribution in [0.1, 0.15) is 18.9 Å². The SMILES string of the molecule is CC(O)C1CC(OCc2ccccc2)C(=O)N1. The number of amides is 1. The molecule has 4 heteroatoms. The first-order chi connectivity index (χ1) is 8.16. The van der Waals surface area contributed by atoms with Crippen molar-refractivity contribution in [3.63, 3.8) is 0 Å². The Morgan fingerprint density at radius 2 is 2.18 bits per heavy atom. The lowest BCUT2D eigenvalue weighted by atomic mass is 10.1. The standard InChI is InChI=1S/C13H17NO3/c1-9(15)11-7-12(13(16)14-11)17-8-10-5-3-2-4-6-10/h2-6,9,11-12,15H,7-8H2,1H3,(H,14,16). The van der Waals surface area contributed by atoms with E-state index in [-0.39, 0.29) is 11.9 Å². The van der Waals surface area contributed by atoms with E-state index in [4.69, 9.17) is 4.74 Å². The Morgan fingerprint density at radius 1 is 1.47 bits per heavy atom. The summed E-state index contributed by atoms with van der Waals surface area (Å²) >= 11 is 0. The molecule has 0 aliphatic carbocycles. The summed E-state index contributed by atoms with van der Waals surface area (Å²) in [6.45, 7) is 2.09. The molecule has 1 heterocycles. The van der Waals surface area contributed by atoms with Gasteiger partial charge in [-0.3, -0.25) is 4.79 Å². The Hall–Kier alpha value is -1.39. The molecule has 1 fully saturated rings. The lowest BCUT2D eigenvalue weighted by molar-refractivity contribution is -0.129. The van der Waals surface area contributed by atoms with Gasteiger partial charge in [-0.05, 0) is 12.5 Å². The molecule has 0 spiro atoms. The number of hydrogen-bond acceptors (Lipinski definition) is 3. The third-order valence-electron chi connectivity index (χ3n) is 2.96. The van der Waals surface area contributed by atoms with Gasteiger partial charge in [0.1, 0.15) is 6.10 Å². The van der Waals surface area contributed by atoms with Gasteiger partial charge >= 0.3 is 0 Å². The molecule has 1 aliphatic rings. The van der Waals surface area contributed by atoms with E-state index in [9.17, 15) is 9.90 Å². The number of benzene rings is 1. The zero-order valence-corrected chi connectivity index (χ0v) is 9.80. The monoisotopic (exact) mass is 235 g/mol. The quantitative estimate of drug-likeness (QED) is 0.813. The molecule has 1 aromatic rings. The largest absolute Gasteiger partial charge is 0.391 e. The molecule has 1 aliphatic heterocycles. The summed E-state index contributed by atoms with van der Waals surface area (Å²) in [6, 6.07) is 9.54. The average Bonchev–Trinajstić information content (AvgIpc) is 2.70. The number of rotatable bonds is 4. The summed E-state index contributed by atoms with van der Waals surface area (Å²) in [4.78, 5) is 11.6. The average molecular weight is 235 g/mol. The van der Waals surface area contributed by atoms with E-state index in [1.54, 1.807) is 6.92 Å². The van der Waals surface area contributed by atoms with Gasteiger partial charge in [0, 0.05) is 6.42 Å². The van der Waals surface area contributed by atoms with E-state index < -0.39 is 12.2 Å². The number of nitrogens with one attached hydrogen (secondary N) is 1. The third kappa shape index (κ3) is 3.05. The van der Waals surface area contributed by atoms with Crippen LogP contribution in [0.2, 0.25) is 0 Å².